The smallest absolute Gasteiger partial charge is 0.302 e. The van der Waals surface area contributed by atoms with Gasteiger partial charge in [-0.2, -0.15) is 0 Å². The number of alkyl halides is 1. The first-order valence-corrected chi connectivity index (χ1v) is 7.35. The van der Waals surface area contributed by atoms with Crippen LogP contribution in [0.2, 0.25) is 0 Å². The number of hydrogen-bond donors (Lipinski definition) is 1. The molecule has 96 valence electrons. The molecule has 2 unspecified atom stereocenters. The van der Waals surface area contributed by atoms with Gasteiger partial charge in [-0.15, -0.1) is 0 Å². The third-order valence-electron chi connectivity index (χ3n) is 1.90. The molecule has 1 N–H and O–H groups in total. The van der Waals surface area contributed by atoms with E-state index in [-0.39, 0.29) is 0 Å². The lowest BCUT2D eigenvalue weighted by Gasteiger charge is -2.15. The summed E-state index contributed by atoms with van der Waals surface area (Å²) in [5.74, 6) is 0. The first-order chi connectivity index (χ1) is 7.85. The molecule has 17 heavy (non-hydrogen) atoms. The highest BCUT2D eigenvalue weighted by Crippen LogP contribution is 2.14. The van der Waals surface area contributed by atoms with E-state index in [0.29, 0.717) is 9.99 Å². The topological polar surface area (TPSA) is 66.5 Å². The standard InChI is InChI=1S/C9H13FN2O3S2/c1-12(2)17(14,15)9(10)16(13)11-8-6-4-3-5-7-8/h3-7,9,11H,1-2H3. The fourth-order valence-corrected chi connectivity index (χ4v) is 3.28. The predicted molar refractivity (Wildman–Crippen MR) is 65.7 cm³/mol. The average Bonchev–Trinajstić information content (AvgIpc) is 2.29. The van der Waals surface area contributed by atoms with Crippen molar-refractivity contribution < 1.29 is 17.0 Å². The largest absolute Gasteiger partial charge is 0.306 e. The van der Waals surface area contributed by atoms with Crippen LogP contribution in [0.15, 0.2) is 30.3 Å². The summed E-state index contributed by atoms with van der Waals surface area (Å²) in [5, 5.41) is 0. The van der Waals surface area contributed by atoms with Crippen molar-refractivity contribution in [1.29, 1.82) is 0 Å². The van der Waals surface area contributed by atoms with Gasteiger partial charge in [-0.1, -0.05) is 18.2 Å². The van der Waals surface area contributed by atoms with Gasteiger partial charge in [0.05, 0.1) is 0 Å². The lowest BCUT2D eigenvalue weighted by atomic mass is 10.3. The van der Waals surface area contributed by atoms with E-state index in [4.69, 9.17) is 0 Å². The molecule has 8 heteroatoms. The van der Waals surface area contributed by atoms with Crippen molar-refractivity contribution >= 4 is 26.7 Å². The van der Waals surface area contributed by atoms with Gasteiger partial charge in [0.1, 0.15) is 0 Å². The molecule has 0 saturated carbocycles. The fraction of sp³-hybridized carbons (Fsp3) is 0.333. The van der Waals surface area contributed by atoms with Crippen molar-refractivity contribution in [2.75, 3.05) is 18.8 Å². The summed E-state index contributed by atoms with van der Waals surface area (Å²) in [7, 11) is -4.18. The zero-order valence-corrected chi connectivity index (χ0v) is 11.0. The number of nitrogens with zero attached hydrogens (tertiary/aromatic N) is 1. The molecular weight excluding hydrogens is 267 g/mol. The molecule has 0 saturated heterocycles. The summed E-state index contributed by atoms with van der Waals surface area (Å²) in [6.45, 7) is 0. The Kier molecular flexibility index (Phi) is 4.61. The van der Waals surface area contributed by atoms with E-state index >= 15 is 0 Å². The van der Waals surface area contributed by atoms with Crippen molar-refractivity contribution in [3.63, 3.8) is 0 Å². The summed E-state index contributed by atoms with van der Waals surface area (Å²) in [6, 6.07) is 8.18. The van der Waals surface area contributed by atoms with Crippen molar-refractivity contribution in [3.05, 3.63) is 30.3 Å². The molecular formula is C9H13FN2O3S2. The molecule has 0 bridgehead atoms. The number of benzene rings is 1. The van der Waals surface area contributed by atoms with Gasteiger partial charge in [-0.3, -0.25) is 0 Å². The number of hydrogen-bond acceptors (Lipinski definition) is 3. The number of rotatable bonds is 5. The van der Waals surface area contributed by atoms with E-state index in [9.17, 15) is 17.0 Å². The Labute approximate surface area is 102 Å². The second-order valence-electron chi connectivity index (χ2n) is 3.37. The summed E-state index contributed by atoms with van der Waals surface area (Å²) in [6.07, 6.45) is 0. The number of nitrogens with one attached hydrogen (secondary N) is 1. The minimum atomic E-state index is -4.19. The Morgan fingerprint density at radius 3 is 2.29 bits per heavy atom. The van der Waals surface area contributed by atoms with Crippen LogP contribution < -0.4 is 4.72 Å². The van der Waals surface area contributed by atoms with E-state index in [1.807, 2.05) is 0 Å². The second-order valence-corrected chi connectivity index (χ2v) is 7.05. The number of para-hydroxylation sites is 1. The van der Waals surface area contributed by atoms with E-state index in [0.717, 1.165) is 0 Å². The summed E-state index contributed by atoms with van der Waals surface area (Å²) in [4.78, 5) is -2.50. The van der Waals surface area contributed by atoms with Crippen LogP contribution in [0.1, 0.15) is 0 Å². The lowest BCUT2D eigenvalue weighted by molar-refractivity contribution is 0.456. The first-order valence-electron chi connectivity index (χ1n) is 4.63. The van der Waals surface area contributed by atoms with Crippen molar-refractivity contribution in [3.8, 4) is 0 Å². The van der Waals surface area contributed by atoms with Crippen LogP contribution >= 0.6 is 0 Å². The van der Waals surface area contributed by atoms with Gasteiger partial charge in [0, 0.05) is 19.8 Å². The minimum absolute atomic E-state index is 0.391. The molecule has 0 aliphatic rings. The Morgan fingerprint density at radius 2 is 1.82 bits per heavy atom. The van der Waals surface area contributed by atoms with Crippen LogP contribution in [-0.2, 0) is 21.0 Å². The normalized spacial score (nSPS) is 15.5. The monoisotopic (exact) mass is 280 g/mol. The molecule has 1 rings (SSSR count). The lowest BCUT2D eigenvalue weighted by Crippen LogP contribution is -2.35. The highest BCUT2D eigenvalue weighted by Gasteiger charge is 2.33. The van der Waals surface area contributed by atoms with Crippen molar-refractivity contribution in [1.82, 2.24) is 4.31 Å². The average molecular weight is 280 g/mol. The first kappa shape index (κ1) is 14.1. The predicted octanol–water partition coefficient (Wildman–Crippen LogP) is 0.907. The van der Waals surface area contributed by atoms with Gasteiger partial charge in [0.2, 0.25) is 0 Å². The van der Waals surface area contributed by atoms with E-state index < -0.39 is 25.8 Å². The van der Waals surface area contributed by atoms with Crippen molar-refractivity contribution in [2.45, 2.75) is 4.84 Å². The fourth-order valence-electron chi connectivity index (χ4n) is 0.945. The quantitative estimate of drug-likeness (QED) is 0.871. The second kappa shape index (κ2) is 5.56. The Hall–Kier alpha value is -0.990. The molecule has 1 aromatic rings. The summed E-state index contributed by atoms with van der Waals surface area (Å²) >= 11 is 0. The van der Waals surface area contributed by atoms with Gasteiger partial charge in [0.25, 0.3) is 10.0 Å². The third kappa shape index (κ3) is 3.48. The molecule has 0 radical (unpaired) electrons. The van der Waals surface area contributed by atoms with Gasteiger partial charge >= 0.3 is 4.84 Å². The maximum absolute atomic E-state index is 13.5. The maximum Gasteiger partial charge on any atom is 0.306 e. The van der Waals surface area contributed by atoms with Crippen LogP contribution in [-0.4, -0.2) is 35.9 Å². The Bertz CT molecular complexity index is 490. The van der Waals surface area contributed by atoms with Gasteiger partial charge in [0.15, 0.2) is 11.0 Å². The molecule has 0 fully saturated rings. The molecule has 0 aromatic heterocycles. The number of halogens is 1. The zero-order valence-electron chi connectivity index (χ0n) is 9.33. The summed E-state index contributed by atoms with van der Waals surface area (Å²) < 4.78 is 50.8. The highest BCUT2D eigenvalue weighted by atomic mass is 32.3. The SMILES string of the molecule is CN(C)S(=O)(=O)C(F)S(=O)Nc1ccccc1. The van der Waals surface area contributed by atoms with Crippen LogP contribution in [0.4, 0.5) is 10.1 Å². The molecule has 0 amide bonds. The Balaban J connectivity index is 2.79. The molecule has 0 aliphatic heterocycles. The van der Waals surface area contributed by atoms with Gasteiger partial charge < -0.3 is 4.72 Å². The molecule has 5 nitrogen and oxygen atoms in total. The van der Waals surface area contributed by atoms with E-state index in [1.165, 1.54) is 14.1 Å². The molecule has 0 aliphatic carbocycles. The van der Waals surface area contributed by atoms with Crippen LogP contribution in [0.25, 0.3) is 0 Å². The summed E-state index contributed by atoms with van der Waals surface area (Å²) in [5.41, 5.74) is 0.391. The van der Waals surface area contributed by atoms with Gasteiger partial charge in [-0.25, -0.2) is 21.3 Å². The van der Waals surface area contributed by atoms with Crippen LogP contribution in [0.3, 0.4) is 0 Å². The Morgan fingerprint density at radius 1 is 1.29 bits per heavy atom. The highest BCUT2D eigenvalue weighted by molar-refractivity contribution is 8.05. The molecule has 0 heterocycles. The third-order valence-corrected chi connectivity index (χ3v) is 5.42. The van der Waals surface area contributed by atoms with E-state index in [2.05, 4.69) is 4.72 Å². The van der Waals surface area contributed by atoms with Gasteiger partial charge in [-0.05, 0) is 12.1 Å². The zero-order chi connectivity index (χ0) is 13.1. The van der Waals surface area contributed by atoms with Crippen LogP contribution in [0, 0.1) is 0 Å². The molecule has 1 aromatic carbocycles. The van der Waals surface area contributed by atoms with Crippen molar-refractivity contribution in [2.24, 2.45) is 0 Å². The molecule has 2 atom stereocenters. The maximum atomic E-state index is 13.5. The minimum Gasteiger partial charge on any atom is -0.302 e. The van der Waals surface area contributed by atoms with Crippen LogP contribution in [0.5, 0.6) is 0 Å². The molecule has 0 spiro atoms. The number of anilines is 1. The van der Waals surface area contributed by atoms with E-state index in [1.54, 1.807) is 30.3 Å². The number of sulfonamides is 1.